The second-order valence-corrected chi connectivity index (χ2v) is 4.12. The van der Waals surface area contributed by atoms with Crippen molar-refractivity contribution in [2.75, 3.05) is 6.54 Å². The highest BCUT2D eigenvalue weighted by Gasteiger charge is 2.44. The van der Waals surface area contributed by atoms with Crippen molar-refractivity contribution in [1.29, 1.82) is 0 Å². The number of fused-ring (bicyclic) bond motifs is 2. The summed E-state index contributed by atoms with van der Waals surface area (Å²) in [6.45, 7) is -0.852. The zero-order chi connectivity index (χ0) is 12.3. The molecular weight excluding hydrogens is 449 g/mol. The molecule has 2 saturated heterocycles. The van der Waals surface area contributed by atoms with E-state index in [4.69, 9.17) is 0 Å². The van der Waals surface area contributed by atoms with E-state index in [1.807, 2.05) is 0 Å². The Kier molecular flexibility index (Phi) is 5.76. The van der Waals surface area contributed by atoms with E-state index < -0.39 is 12.7 Å². The Morgan fingerprint density at radius 1 is 1.19 bits per heavy atom. The van der Waals surface area contributed by atoms with Crippen LogP contribution < -0.4 is 0 Å². The molecule has 2 rings (SSSR count). The lowest BCUT2D eigenvalue weighted by Crippen LogP contribution is -2.47. The molecule has 0 amide bonds. The van der Waals surface area contributed by atoms with Crippen molar-refractivity contribution < 1.29 is 18.0 Å². The minimum absolute atomic E-state index is 0.121. The van der Waals surface area contributed by atoms with Crippen LogP contribution >= 0.6 is 37.2 Å². The summed E-state index contributed by atoms with van der Waals surface area (Å²) in [7, 11) is 0. The smallest absolute Gasteiger partial charge is 0.300 e. The number of hydrogen-bond acceptors (Lipinski definition) is 2. The lowest BCUT2D eigenvalue weighted by atomic mass is 10.0. The van der Waals surface area contributed by atoms with E-state index in [0.717, 1.165) is 12.8 Å². The Morgan fingerprint density at radius 2 is 1.62 bits per heavy atom. The van der Waals surface area contributed by atoms with Gasteiger partial charge in [-0.1, -0.05) is 0 Å². The van der Waals surface area contributed by atoms with Crippen molar-refractivity contribution in [2.24, 2.45) is 0 Å². The number of Topliss-reactive ketones (excluding diaryl/α,β-unsaturated/α-hetero) is 1. The van der Waals surface area contributed by atoms with Crippen molar-refractivity contribution in [3.05, 3.63) is 0 Å². The van der Waals surface area contributed by atoms with Gasteiger partial charge in [0.1, 0.15) is 5.78 Å². The van der Waals surface area contributed by atoms with Crippen LogP contribution in [-0.2, 0) is 4.79 Å². The predicted molar refractivity (Wildman–Crippen MR) is 71.9 cm³/mol. The quantitative estimate of drug-likeness (QED) is 0.558. The maximum atomic E-state index is 12.2. The van der Waals surface area contributed by atoms with Gasteiger partial charge in [0.15, 0.2) is 0 Å². The van der Waals surface area contributed by atoms with Gasteiger partial charge in [0.05, 0.1) is 6.54 Å². The van der Waals surface area contributed by atoms with Crippen molar-refractivity contribution >= 4 is 43.0 Å². The van der Waals surface area contributed by atoms with Gasteiger partial charge in [-0.3, -0.25) is 9.69 Å². The lowest BCUT2D eigenvalue weighted by molar-refractivity contribution is -0.158. The third-order valence-electron chi connectivity index (χ3n) is 3.06. The van der Waals surface area contributed by atoms with Crippen LogP contribution in [0, 0.1) is 0 Å². The first-order chi connectivity index (χ1) is 7.46. The van der Waals surface area contributed by atoms with Crippen LogP contribution in [0.4, 0.5) is 13.2 Å². The summed E-state index contributed by atoms with van der Waals surface area (Å²) in [5, 5.41) is 0. The fourth-order valence-corrected chi connectivity index (χ4v) is 2.53. The average Bonchev–Trinajstić information content (AvgIpc) is 2.44. The molecule has 2 aliphatic rings. The van der Waals surface area contributed by atoms with Crippen molar-refractivity contribution in [3.8, 4) is 0 Å². The molecule has 0 N–H and O–H groups in total. The number of ketones is 1. The maximum absolute atomic E-state index is 12.2. The fourth-order valence-electron chi connectivity index (χ4n) is 2.53. The van der Waals surface area contributed by atoms with E-state index in [2.05, 4.69) is 37.2 Å². The molecule has 2 nitrogen and oxygen atoms in total. The highest BCUT2D eigenvalue weighted by Crippen LogP contribution is 2.35. The van der Waals surface area contributed by atoms with E-state index in [0.29, 0.717) is 12.8 Å². The third-order valence-corrected chi connectivity index (χ3v) is 3.06. The molecule has 0 aromatic rings. The second kappa shape index (κ2) is 6.17. The summed E-state index contributed by atoms with van der Waals surface area (Å²) in [5.41, 5.74) is 0. The molecule has 2 atom stereocenters. The van der Waals surface area contributed by atoms with E-state index in [1.165, 1.54) is 4.90 Å². The van der Waals surface area contributed by atoms with Crippen LogP contribution in [0.25, 0.3) is 0 Å². The average molecular weight is 461 g/mol. The molecule has 0 aromatic carbocycles. The molecule has 0 radical (unpaired) electrons. The van der Waals surface area contributed by atoms with Gasteiger partial charge >= 0.3 is 6.18 Å². The summed E-state index contributed by atoms with van der Waals surface area (Å²) >= 11 is 4.24. The summed E-state index contributed by atoms with van der Waals surface area (Å²) in [6.07, 6.45) is -2.03. The van der Waals surface area contributed by atoms with E-state index in [1.54, 1.807) is 0 Å². The van der Waals surface area contributed by atoms with Crippen LogP contribution in [0.3, 0.4) is 0 Å². The Hall–Kier alpha value is 0.880. The van der Waals surface area contributed by atoms with Gasteiger partial charge < -0.3 is 0 Å². The minimum atomic E-state index is -4.14. The number of halogens is 5. The largest absolute Gasteiger partial charge is 0.401 e. The van der Waals surface area contributed by atoms with Crippen molar-refractivity contribution in [2.45, 2.75) is 43.9 Å². The standard InChI is InChI=1S/C9H12F3NO.I2/c10-9(11,12)5-13-6-1-2-7(13)4-8(14)3-6;1-2/h6-7H,1-5H2;. The van der Waals surface area contributed by atoms with Gasteiger partial charge in [0.2, 0.25) is 0 Å². The first-order valence-corrected chi connectivity index (χ1v) is 11.2. The van der Waals surface area contributed by atoms with Crippen LogP contribution in [-0.4, -0.2) is 35.5 Å². The third kappa shape index (κ3) is 3.97. The molecule has 0 saturated carbocycles. The molecule has 2 unspecified atom stereocenters. The summed E-state index contributed by atoms with van der Waals surface area (Å²) in [4.78, 5) is 12.6. The van der Waals surface area contributed by atoms with Gasteiger partial charge in [-0.05, 0) is 12.8 Å². The molecule has 0 aromatic heterocycles. The highest BCUT2D eigenvalue weighted by molar-refractivity contribution is 15.0. The zero-order valence-electron chi connectivity index (χ0n) is 8.44. The second-order valence-electron chi connectivity index (χ2n) is 4.12. The van der Waals surface area contributed by atoms with Gasteiger partial charge in [-0.2, -0.15) is 13.2 Å². The lowest BCUT2D eigenvalue weighted by Gasteiger charge is -2.34. The molecule has 2 heterocycles. The highest BCUT2D eigenvalue weighted by atomic mass is 128. The Bertz CT molecular complexity index is 244. The number of piperidine rings is 1. The number of hydrogen-bond donors (Lipinski definition) is 0. The topological polar surface area (TPSA) is 20.3 Å². The molecular formula is C9H12F3I2NO. The van der Waals surface area contributed by atoms with Gasteiger partial charge in [-0.25, -0.2) is 0 Å². The number of rotatable bonds is 1. The zero-order valence-corrected chi connectivity index (χ0v) is 12.8. The number of nitrogens with zero attached hydrogens (tertiary/aromatic N) is 1. The first-order valence-electron chi connectivity index (χ1n) is 4.94. The fraction of sp³-hybridized carbons (Fsp3) is 0.889. The number of carbonyl (C=O) groups excluding carboxylic acids is 1. The predicted octanol–water partition coefficient (Wildman–Crippen LogP) is 3.52. The normalized spacial score (nSPS) is 29.9. The minimum Gasteiger partial charge on any atom is -0.300 e. The maximum Gasteiger partial charge on any atom is 0.401 e. The molecule has 0 aliphatic carbocycles. The number of carbonyl (C=O) groups is 1. The van der Waals surface area contributed by atoms with Gasteiger partial charge in [0, 0.05) is 62.2 Å². The molecule has 16 heavy (non-hydrogen) atoms. The first kappa shape index (κ1) is 14.9. The van der Waals surface area contributed by atoms with Crippen LogP contribution in [0.15, 0.2) is 0 Å². The number of alkyl halides is 3. The Balaban J connectivity index is 0.000000606. The van der Waals surface area contributed by atoms with E-state index in [-0.39, 0.29) is 17.9 Å². The van der Waals surface area contributed by atoms with Crippen LogP contribution in [0.2, 0.25) is 0 Å². The Morgan fingerprint density at radius 3 is 2.00 bits per heavy atom. The summed E-state index contributed by atoms with van der Waals surface area (Å²) < 4.78 is 36.6. The van der Waals surface area contributed by atoms with Crippen LogP contribution in [0.5, 0.6) is 0 Å². The summed E-state index contributed by atoms with van der Waals surface area (Å²) in [5.74, 6) is 0.121. The molecule has 0 spiro atoms. The molecule has 2 bridgehead atoms. The van der Waals surface area contributed by atoms with E-state index >= 15 is 0 Å². The van der Waals surface area contributed by atoms with Crippen molar-refractivity contribution in [1.82, 2.24) is 4.90 Å². The molecule has 2 aliphatic heterocycles. The van der Waals surface area contributed by atoms with Crippen molar-refractivity contribution in [3.63, 3.8) is 0 Å². The van der Waals surface area contributed by atoms with Gasteiger partial charge in [-0.15, -0.1) is 0 Å². The summed E-state index contributed by atoms with van der Waals surface area (Å²) in [6, 6.07) is -0.300. The Labute approximate surface area is 116 Å². The van der Waals surface area contributed by atoms with E-state index in [9.17, 15) is 18.0 Å². The molecule has 2 fully saturated rings. The molecule has 7 heteroatoms. The SMILES string of the molecule is II.O=C1CC2CCC(C1)N2CC(F)(F)F. The monoisotopic (exact) mass is 461 g/mol. The van der Waals surface area contributed by atoms with Gasteiger partial charge in [0.25, 0.3) is 0 Å². The molecule has 94 valence electrons. The van der Waals surface area contributed by atoms with Crippen LogP contribution in [0.1, 0.15) is 25.7 Å².